The maximum absolute atomic E-state index is 13.2. The number of nitrogens with zero attached hydrogens (tertiary/aromatic N) is 1. The second kappa shape index (κ2) is 9.79. The molecule has 174 valence electrons. The van der Waals surface area contributed by atoms with Crippen molar-refractivity contribution >= 4 is 23.3 Å². The molecule has 0 aromatic heterocycles. The SMILES string of the molecule is COc1ccc(C(CC(=O)Nc2ccc(C(C)=O)cc2)N2Cc3ccccc3C2=O)cc1OC. The smallest absolute Gasteiger partial charge is 0.255 e. The van der Waals surface area contributed by atoms with Gasteiger partial charge in [-0.1, -0.05) is 24.3 Å². The van der Waals surface area contributed by atoms with Gasteiger partial charge in [0.05, 0.1) is 26.7 Å². The van der Waals surface area contributed by atoms with Crippen molar-refractivity contribution in [3.8, 4) is 11.5 Å². The molecule has 4 rings (SSSR count). The third-order valence-electron chi connectivity index (χ3n) is 5.97. The van der Waals surface area contributed by atoms with Crippen LogP contribution in [0.1, 0.15) is 51.2 Å². The van der Waals surface area contributed by atoms with E-state index in [-0.39, 0.29) is 24.0 Å². The molecule has 1 N–H and O–H groups in total. The lowest BCUT2D eigenvalue weighted by atomic mass is 10.0. The lowest BCUT2D eigenvalue weighted by Gasteiger charge is -2.28. The largest absolute Gasteiger partial charge is 0.493 e. The topological polar surface area (TPSA) is 84.9 Å². The molecule has 1 aliphatic heterocycles. The Bertz CT molecular complexity index is 1240. The highest BCUT2D eigenvalue weighted by molar-refractivity contribution is 5.99. The first-order valence-electron chi connectivity index (χ1n) is 10.9. The Balaban J connectivity index is 1.62. The monoisotopic (exact) mass is 458 g/mol. The van der Waals surface area contributed by atoms with E-state index in [1.54, 1.807) is 61.6 Å². The molecule has 3 aromatic rings. The summed E-state index contributed by atoms with van der Waals surface area (Å²) in [5, 5.41) is 2.87. The van der Waals surface area contributed by atoms with Gasteiger partial charge in [0, 0.05) is 23.4 Å². The fourth-order valence-corrected chi connectivity index (χ4v) is 4.17. The molecule has 0 saturated carbocycles. The van der Waals surface area contributed by atoms with E-state index < -0.39 is 6.04 Å². The molecule has 0 aliphatic carbocycles. The van der Waals surface area contributed by atoms with Crippen LogP contribution in [0.15, 0.2) is 66.7 Å². The number of carbonyl (C=O) groups is 3. The number of methoxy groups -OCH3 is 2. The number of carbonyl (C=O) groups excluding carboxylic acids is 3. The van der Waals surface area contributed by atoms with Crippen LogP contribution in [0, 0.1) is 0 Å². The first-order chi connectivity index (χ1) is 16.4. The summed E-state index contributed by atoms with van der Waals surface area (Å²) in [6.07, 6.45) is 0.0453. The van der Waals surface area contributed by atoms with Crippen LogP contribution in [0.2, 0.25) is 0 Å². The quantitative estimate of drug-likeness (QED) is 0.498. The zero-order valence-electron chi connectivity index (χ0n) is 19.3. The van der Waals surface area contributed by atoms with Crippen molar-refractivity contribution in [2.45, 2.75) is 25.9 Å². The van der Waals surface area contributed by atoms with Gasteiger partial charge in [0.15, 0.2) is 17.3 Å². The molecular formula is C27H26N2O5. The normalized spacial score (nSPS) is 13.3. The van der Waals surface area contributed by atoms with Crippen LogP contribution < -0.4 is 14.8 Å². The van der Waals surface area contributed by atoms with Crippen LogP contribution in [0.3, 0.4) is 0 Å². The summed E-state index contributed by atoms with van der Waals surface area (Å²) < 4.78 is 10.8. The van der Waals surface area contributed by atoms with Gasteiger partial charge in [-0.15, -0.1) is 0 Å². The van der Waals surface area contributed by atoms with Gasteiger partial charge >= 0.3 is 0 Å². The molecule has 1 aliphatic rings. The number of Topliss-reactive ketones (excluding diaryl/α,β-unsaturated/α-hetero) is 1. The molecule has 0 spiro atoms. The predicted octanol–water partition coefficient (Wildman–Crippen LogP) is 4.63. The Morgan fingerprint density at radius 3 is 2.32 bits per heavy atom. The number of ketones is 1. The van der Waals surface area contributed by atoms with Crippen molar-refractivity contribution in [2.75, 3.05) is 19.5 Å². The summed E-state index contributed by atoms with van der Waals surface area (Å²) in [7, 11) is 3.10. The maximum Gasteiger partial charge on any atom is 0.255 e. The van der Waals surface area contributed by atoms with Gasteiger partial charge in [0.1, 0.15) is 0 Å². The van der Waals surface area contributed by atoms with E-state index in [1.165, 1.54) is 6.92 Å². The lowest BCUT2D eigenvalue weighted by Crippen LogP contribution is -2.32. The van der Waals surface area contributed by atoms with E-state index in [0.717, 1.165) is 11.1 Å². The van der Waals surface area contributed by atoms with Crippen LogP contribution in [0.4, 0.5) is 5.69 Å². The summed E-state index contributed by atoms with van der Waals surface area (Å²) in [5.41, 5.74) is 3.49. The van der Waals surface area contributed by atoms with E-state index in [0.29, 0.717) is 34.9 Å². The molecule has 34 heavy (non-hydrogen) atoms. The molecule has 1 atom stereocenters. The number of fused-ring (bicyclic) bond motifs is 1. The summed E-state index contributed by atoms with van der Waals surface area (Å²) in [6.45, 7) is 1.90. The van der Waals surface area contributed by atoms with Gasteiger partial charge in [-0.25, -0.2) is 0 Å². The average Bonchev–Trinajstić information content (AvgIpc) is 3.18. The summed E-state index contributed by atoms with van der Waals surface area (Å²) >= 11 is 0. The van der Waals surface area contributed by atoms with Gasteiger partial charge in [-0.05, 0) is 60.5 Å². The summed E-state index contributed by atoms with van der Waals surface area (Å²) in [4.78, 5) is 39.5. The third kappa shape index (κ3) is 4.64. The van der Waals surface area contributed by atoms with Gasteiger partial charge in [0.25, 0.3) is 5.91 Å². The molecule has 2 amide bonds. The Labute approximate surface area is 198 Å². The maximum atomic E-state index is 13.2. The van der Waals surface area contributed by atoms with E-state index in [4.69, 9.17) is 9.47 Å². The van der Waals surface area contributed by atoms with E-state index in [1.807, 2.05) is 24.3 Å². The molecule has 1 heterocycles. The number of benzene rings is 3. The minimum absolute atomic E-state index is 0.0431. The number of amides is 2. The number of nitrogens with one attached hydrogen (secondary N) is 1. The molecular weight excluding hydrogens is 432 g/mol. The van der Waals surface area contributed by atoms with Crippen molar-refractivity contribution in [3.05, 3.63) is 89.0 Å². The number of anilines is 1. The first kappa shape index (κ1) is 23.0. The Hall–Kier alpha value is -4.13. The third-order valence-corrected chi connectivity index (χ3v) is 5.97. The van der Waals surface area contributed by atoms with Crippen LogP contribution in [-0.4, -0.2) is 36.7 Å². The second-order valence-corrected chi connectivity index (χ2v) is 8.11. The Morgan fingerprint density at radius 1 is 0.971 bits per heavy atom. The fourth-order valence-electron chi connectivity index (χ4n) is 4.17. The van der Waals surface area contributed by atoms with Gasteiger partial charge in [-0.3, -0.25) is 14.4 Å². The number of rotatable bonds is 8. The van der Waals surface area contributed by atoms with Crippen LogP contribution >= 0.6 is 0 Å². The van der Waals surface area contributed by atoms with Gasteiger partial charge in [-0.2, -0.15) is 0 Å². The minimum Gasteiger partial charge on any atom is -0.493 e. The first-order valence-corrected chi connectivity index (χ1v) is 10.9. The number of hydrogen-bond donors (Lipinski definition) is 1. The predicted molar refractivity (Wildman–Crippen MR) is 128 cm³/mol. The van der Waals surface area contributed by atoms with E-state index in [9.17, 15) is 14.4 Å². The second-order valence-electron chi connectivity index (χ2n) is 8.11. The Morgan fingerprint density at radius 2 is 1.68 bits per heavy atom. The van der Waals surface area contributed by atoms with E-state index in [2.05, 4.69) is 5.32 Å². The highest BCUT2D eigenvalue weighted by Crippen LogP contribution is 2.37. The van der Waals surface area contributed by atoms with E-state index >= 15 is 0 Å². The number of ether oxygens (including phenoxy) is 2. The fraction of sp³-hybridized carbons (Fsp3) is 0.222. The lowest BCUT2D eigenvalue weighted by molar-refractivity contribution is -0.117. The van der Waals surface area contributed by atoms with Crippen molar-refractivity contribution in [1.29, 1.82) is 0 Å². The average molecular weight is 459 g/mol. The molecule has 0 fully saturated rings. The van der Waals surface area contributed by atoms with Crippen molar-refractivity contribution < 1.29 is 23.9 Å². The molecule has 7 heteroatoms. The minimum atomic E-state index is -0.517. The van der Waals surface area contributed by atoms with Gasteiger partial charge < -0.3 is 19.7 Å². The van der Waals surface area contributed by atoms with Crippen LogP contribution in [0.25, 0.3) is 0 Å². The highest BCUT2D eigenvalue weighted by Gasteiger charge is 2.34. The highest BCUT2D eigenvalue weighted by atomic mass is 16.5. The van der Waals surface area contributed by atoms with Crippen LogP contribution in [-0.2, 0) is 11.3 Å². The van der Waals surface area contributed by atoms with Crippen LogP contribution in [0.5, 0.6) is 11.5 Å². The standard InChI is InChI=1S/C27H26N2O5/c1-17(30)18-8-11-21(12-9-18)28-26(31)15-23(19-10-13-24(33-2)25(14-19)34-3)29-16-20-6-4-5-7-22(20)27(29)32/h4-14,23H,15-16H2,1-3H3,(H,28,31). The van der Waals surface area contributed by atoms with Crippen molar-refractivity contribution in [1.82, 2.24) is 4.90 Å². The molecule has 1 unspecified atom stereocenters. The molecule has 0 radical (unpaired) electrons. The zero-order chi connectivity index (χ0) is 24.2. The Kier molecular flexibility index (Phi) is 6.63. The number of hydrogen-bond acceptors (Lipinski definition) is 5. The van der Waals surface area contributed by atoms with Crippen molar-refractivity contribution in [3.63, 3.8) is 0 Å². The summed E-state index contributed by atoms with van der Waals surface area (Å²) in [5.74, 6) is 0.678. The van der Waals surface area contributed by atoms with Crippen molar-refractivity contribution in [2.24, 2.45) is 0 Å². The van der Waals surface area contributed by atoms with Gasteiger partial charge in [0.2, 0.25) is 5.91 Å². The zero-order valence-corrected chi connectivity index (χ0v) is 19.3. The summed E-state index contributed by atoms with van der Waals surface area (Å²) in [6, 6.07) is 19.1. The molecule has 7 nitrogen and oxygen atoms in total. The molecule has 0 saturated heterocycles. The molecule has 3 aromatic carbocycles. The molecule has 0 bridgehead atoms.